The van der Waals surface area contributed by atoms with Crippen LogP contribution in [0.2, 0.25) is 0 Å². The van der Waals surface area contributed by atoms with Gasteiger partial charge in [-0.1, -0.05) is 0 Å². The number of hydrogen-bond donors (Lipinski definition) is 3. The summed E-state index contributed by atoms with van der Waals surface area (Å²) in [5.74, 6) is -0.198. The Morgan fingerprint density at radius 2 is 2.24 bits per heavy atom. The Morgan fingerprint density at radius 3 is 2.94 bits per heavy atom. The predicted molar refractivity (Wildman–Crippen MR) is 58.0 cm³/mol. The first-order valence-electron chi connectivity index (χ1n) is 5.18. The van der Waals surface area contributed by atoms with Gasteiger partial charge in [-0.15, -0.1) is 0 Å². The van der Waals surface area contributed by atoms with Gasteiger partial charge in [-0.25, -0.2) is 0 Å². The molecule has 17 heavy (non-hydrogen) atoms. The van der Waals surface area contributed by atoms with Crippen LogP contribution in [0.15, 0.2) is 12.1 Å². The Morgan fingerprint density at radius 1 is 1.47 bits per heavy atom. The summed E-state index contributed by atoms with van der Waals surface area (Å²) in [7, 11) is 0. The van der Waals surface area contributed by atoms with E-state index < -0.39 is 12.0 Å². The number of ether oxygens (including phenoxy) is 2. The maximum absolute atomic E-state index is 10.4. The van der Waals surface area contributed by atoms with Gasteiger partial charge in [0.2, 0.25) is 12.5 Å². The smallest absolute Gasteiger partial charge is 0.303 e. The first-order valence-corrected chi connectivity index (χ1v) is 5.18. The standard InChI is InChI=1S/C11H13NO5/c12-7(1-2-10(14)15)6-3-8(13)11-9(4-6)16-5-17-11/h3-4,7,13H,1-2,5,12H2,(H,14,15). The molecule has 6 heteroatoms. The number of benzene rings is 1. The van der Waals surface area contributed by atoms with Crippen molar-refractivity contribution in [2.75, 3.05) is 6.79 Å². The quantitative estimate of drug-likeness (QED) is 0.724. The second kappa shape index (κ2) is 4.50. The first-order chi connectivity index (χ1) is 8.08. The van der Waals surface area contributed by atoms with Crippen LogP contribution in [-0.4, -0.2) is 23.0 Å². The third-order valence-electron chi connectivity index (χ3n) is 2.57. The zero-order valence-corrected chi connectivity index (χ0v) is 9.05. The highest BCUT2D eigenvalue weighted by Crippen LogP contribution is 2.42. The third-order valence-corrected chi connectivity index (χ3v) is 2.57. The fourth-order valence-electron chi connectivity index (χ4n) is 1.67. The summed E-state index contributed by atoms with van der Waals surface area (Å²) in [6.45, 7) is 0.0662. The summed E-state index contributed by atoms with van der Waals surface area (Å²) in [6, 6.07) is 2.68. The molecule has 0 fully saturated rings. The van der Waals surface area contributed by atoms with Crippen LogP contribution in [0.25, 0.3) is 0 Å². The van der Waals surface area contributed by atoms with E-state index in [-0.39, 0.29) is 19.0 Å². The van der Waals surface area contributed by atoms with Crippen molar-refractivity contribution in [3.8, 4) is 17.2 Å². The van der Waals surface area contributed by atoms with Crippen LogP contribution in [0.1, 0.15) is 24.4 Å². The minimum absolute atomic E-state index is 0.0175. The van der Waals surface area contributed by atoms with E-state index in [0.29, 0.717) is 23.5 Å². The molecule has 1 aliphatic heterocycles. The van der Waals surface area contributed by atoms with Crippen molar-refractivity contribution in [2.45, 2.75) is 18.9 Å². The number of hydrogen-bond acceptors (Lipinski definition) is 5. The number of phenols is 1. The van der Waals surface area contributed by atoms with Gasteiger partial charge in [0.25, 0.3) is 0 Å². The summed E-state index contributed by atoms with van der Waals surface area (Å²) < 4.78 is 10.2. The first kappa shape index (κ1) is 11.5. The summed E-state index contributed by atoms with van der Waals surface area (Å²) >= 11 is 0. The SMILES string of the molecule is NC(CCC(=O)O)c1cc(O)c2c(c1)OCO2. The molecule has 1 atom stereocenters. The van der Waals surface area contributed by atoms with E-state index in [2.05, 4.69) is 0 Å². The Bertz CT molecular complexity index is 446. The number of carbonyl (C=O) groups is 1. The van der Waals surface area contributed by atoms with Crippen molar-refractivity contribution in [3.05, 3.63) is 17.7 Å². The van der Waals surface area contributed by atoms with Gasteiger partial charge in [-0.3, -0.25) is 4.79 Å². The highest BCUT2D eigenvalue weighted by atomic mass is 16.7. The van der Waals surface area contributed by atoms with E-state index in [1.165, 1.54) is 6.07 Å². The van der Waals surface area contributed by atoms with E-state index in [9.17, 15) is 9.90 Å². The molecular formula is C11H13NO5. The molecule has 0 saturated heterocycles. The molecule has 6 nitrogen and oxygen atoms in total. The van der Waals surface area contributed by atoms with Crippen molar-refractivity contribution in [2.24, 2.45) is 5.73 Å². The lowest BCUT2D eigenvalue weighted by Gasteiger charge is -2.12. The molecule has 0 aliphatic carbocycles. The zero-order valence-electron chi connectivity index (χ0n) is 9.05. The van der Waals surface area contributed by atoms with Crippen LogP contribution in [0.3, 0.4) is 0 Å². The van der Waals surface area contributed by atoms with Gasteiger partial charge in [0, 0.05) is 12.5 Å². The molecule has 4 N–H and O–H groups in total. The Labute approximate surface area is 97.6 Å². The molecule has 0 saturated carbocycles. The number of rotatable bonds is 4. The molecule has 2 rings (SSSR count). The van der Waals surface area contributed by atoms with E-state index in [4.69, 9.17) is 20.3 Å². The fraction of sp³-hybridized carbons (Fsp3) is 0.364. The van der Waals surface area contributed by atoms with Crippen LogP contribution in [0, 0.1) is 0 Å². The highest BCUT2D eigenvalue weighted by molar-refractivity contribution is 5.66. The second-order valence-corrected chi connectivity index (χ2v) is 3.81. The lowest BCUT2D eigenvalue weighted by atomic mass is 10.0. The molecule has 92 valence electrons. The van der Waals surface area contributed by atoms with E-state index >= 15 is 0 Å². The topological polar surface area (TPSA) is 102 Å². The summed E-state index contributed by atoms with van der Waals surface area (Å²) in [4.78, 5) is 10.4. The zero-order chi connectivity index (χ0) is 12.4. The average Bonchev–Trinajstić information content (AvgIpc) is 2.74. The molecule has 0 bridgehead atoms. The summed E-state index contributed by atoms with van der Waals surface area (Å²) in [6.07, 6.45) is 0.283. The molecule has 1 aromatic rings. The van der Waals surface area contributed by atoms with Crippen molar-refractivity contribution in [1.29, 1.82) is 0 Å². The van der Waals surface area contributed by atoms with Gasteiger partial charge in [0.15, 0.2) is 11.5 Å². The van der Waals surface area contributed by atoms with Gasteiger partial charge in [-0.05, 0) is 24.1 Å². The Kier molecular flexibility index (Phi) is 3.06. The maximum atomic E-state index is 10.4. The number of carboxylic acids is 1. The number of carboxylic acid groups (broad SMARTS) is 1. The number of aromatic hydroxyl groups is 1. The predicted octanol–water partition coefficient (Wildman–Crippen LogP) is 0.985. The Hall–Kier alpha value is -1.95. The molecule has 0 amide bonds. The van der Waals surface area contributed by atoms with Gasteiger partial charge in [0.1, 0.15) is 0 Å². The highest BCUT2D eigenvalue weighted by Gasteiger charge is 2.21. The number of fused-ring (bicyclic) bond motifs is 1. The van der Waals surface area contributed by atoms with Gasteiger partial charge >= 0.3 is 5.97 Å². The van der Waals surface area contributed by atoms with E-state index in [1.54, 1.807) is 6.07 Å². The van der Waals surface area contributed by atoms with Crippen molar-refractivity contribution in [1.82, 2.24) is 0 Å². The molecule has 1 aliphatic rings. The average molecular weight is 239 g/mol. The molecule has 1 heterocycles. The van der Waals surface area contributed by atoms with Crippen molar-refractivity contribution < 1.29 is 24.5 Å². The van der Waals surface area contributed by atoms with Crippen LogP contribution in [0.5, 0.6) is 17.2 Å². The monoisotopic (exact) mass is 239 g/mol. The summed E-state index contributed by atoms with van der Waals surface area (Å²) in [5.41, 5.74) is 6.47. The van der Waals surface area contributed by atoms with E-state index in [0.717, 1.165) is 0 Å². The van der Waals surface area contributed by atoms with Crippen LogP contribution >= 0.6 is 0 Å². The van der Waals surface area contributed by atoms with Gasteiger partial charge in [-0.2, -0.15) is 0 Å². The van der Waals surface area contributed by atoms with Crippen molar-refractivity contribution >= 4 is 5.97 Å². The number of nitrogens with two attached hydrogens (primary N) is 1. The number of aliphatic carboxylic acids is 1. The molecule has 0 aromatic heterocycles. The van der Waals surface area contributed by atoms with Gasteiger partial charge in [0.05, 0.1) is 0 Å². The van der Waals surface area contributed by atoms with Crippen LogP contribution in [0.4, 0.5) is 0 Å². The van der Waals surface area contributed by atoms with Crippen molar-refractivity contribution in [3.63, 3.8) is 0 Å². The minimum atomic E-state index is -0.898. The summed E-state index contributed by atoms with van der Waals surface area (Å²) in [5, 5.41) is 18.2. The second-order valence-electron chi connectivity index (χ2n) is 3.81. The normalized spacial score (nSPS) is 14.6. The fourth-order valence-corrected chi connectivity index (χ4v) is 1.67. The maximum Gasteiger partial charge on any atom is 0.303 e. The van der Waals surface area contributed by atoms with Crippen LogP contribution < -0.4 is 15.2 Å². The largest absolute Gasteiger partial charge is 0.504 e. The molecule has 1 aromatic carbocycles. The lowest BCUT2D eigenvalue weighted by Crippen LogP contribution is -2.12. The molecule has 1 unspecified atom stereocenters. The minimum Gasteiger partial charge on any atom is -0.504 e. The lowest BCUT2D eigenvalue weighted by molar-refractivity contribution is -0.137. The van der Waals surface area contributed by atoms with E-state index in [1.807, 2.05) is 0 Å². The molecular weight excluding hydrogens is 226 g/mol. The Balaban J connectivity index is 2.16. The molecule has 0 spiro atoms. The number of phenolic OH excluding ortho intramolecular Hbond substituents is 1. The molecule has 0 radical (unpaired) electrons. The van der Waals surface area contributed by atoms with Gasteiger partial charge < -0.3 is 25.4 Å². The third kappa shape index (κ3) is 2.42. The van der Waals surface area contributed by atoms with Crippen LogP contribution in [-0.2, 0) is 4.79 Å².